The van der Waals surface area contributed by atoms with Gasteiger partial charge in [-0.25, -0.2) is 4.39 Å². The third-order valence-electron chi connectivity index (χ3n) is 2.21. The fourth-order valence-electron chi connectivity index (χ4n) is 1.42. The van der Waals surface area contributed by atoms with Crippen molar-refractivity contribution in [2.75, 3.05) is 0 Å². The van der Waals surface area contributed by atoms with Crippen molar-refractivity contribution in [2.24, 2.45) is 0 Å². The predicted molar refractivity (Wildman–Crippen MR) is 70.2 cm³/mol. The van der Waals surface area contributed by atoms with Gasteiger partial charge in [0.1, 0.15) is 5.75 Å². The van der Waals surface area contributed by atoms with Crippen LogP contribution in [0.3, 0.4) is 0 Å². The number of ether oxygens (including phenoxy) is 1. The van der Waals surface area contributed by atoms with E-state index in [0.29, 0.717) is 11.3 Å². The van der Waals surface area contributed by atoms with Crippen molar-refractivity contribution in [1.29, 1.82) is 0 Å². The zero-order valence-electron chi connectivity index (χ0n) is 8.79. The van der Waals surface area contributed by atoms with Gasteiger partial charge in [-0.05, 0) is 24.3 Å². The quantitative estimate of drug-likeness (QED) is 0.714. The van der Waals surface area contributed by atoms with Crippen LogP contribution in [0.2, 0.25) is 0 Å². The normalized spacial score (nSPS) is 10.3. The maximum absolute atomic E-state index is 13.6. The van der Waals surface area contributed by atoms with Crippen molar-refractivity contribution in [3.63, 3.8) is 0 Å². The highest BCUT2D eigenvalue weighted by Gasteiger charge is 2.10. The predicted octanol–water partition coefficient (Wildman–Crippen LogP) is 5.12. The monoisotopic (exact) mass is 314 g/mol. The van der Waals surface area contributed by atoms with Crippen molar-refractivity contribution in [3.05, 3.63) is 58.3 Å². The fourth-order valence-corrected chi connectivity index (χ4v) is 2.01. The number of rotatable bonds is 3. The highest BCUT2D eigenvalue weighted by molar-refractivity contribution is 9.10. The molecule has 0 amide bonds. The second-order valence-electron chi connectivity index (χ2n) is 3.42. The van der Waals surface area contributed by atoms with Crippen LogP contribution >= 0.6 is 27.5 Å². The molecule has 0 heterocycles. The van der Waals surface area contributed by atoms with Gasteiger partial charge < -0.3 is 4.74 Å². The van der Waals surface area contributed by atoms with E-state index in [-0.39, 0.29) is 11.6 Å². The van der Waals surface area contributed by atoms with Crippen LogP contribution < -0.4 is 4.74 Å². The Morgan fingerprint density at radius 2 is 1.94 bits per heavy atom. The van der Waals surface area contributed by atoms with E-state index in [0.717, 1.165) is 4.47 Å². The van der Waals surface area contributed by atoms with Gasteiger partial charge in [0.15, 0.2) is 11.6 Å². The Balaban J connectivity index is 2.35. The Labute approximate surface area is 112 Å². The maximum atomic E-state index is 13.6. The molecule has 0 aromatic heterocycles. The van der Waals surface area contributed by atoms with E-state index in [9.17, 15) is 4.39 Å². The zero-order chi connectivity index (χ0) is 12.3. The lowest BCUT2D eigenvalue weighted by atomic mass is 10.2. The molecule has 0 atom stereocenters. The van der Waals surface area contributed by atoms with Gasteiger partial charge in [0.25, 0.3) is 0 Å². The van der Waals surface area contributed by atoms with Gasteiger partial charge in [-0.15, -0.1) is 11.6 Å². The highest BCUT2D eigenvalue weighted by Crippen LogP contribution is 2.30. The first-order valence-corrected chi connectivity index (χ1v) is 6.30. The number of alkyl halides is 1. The minimum atomic E-state index is -0.414. The van der Waals surface area contributed by atoms with Crippen molar-refractivity contribution in [3.8, 4) is 11.5 Å². The van der Waals surface area contributed by atoms with Crippen molar-refractivity contribution >= 4 is 27.5 Å². The van der Waals surface area contributed by atoms with Crippen LogP contribution in [-0.2, 0) is 5.88 Å². The zero-order valence-corrected chi connectivity index (χ0v) is 11.1. The molecule has 0 spiro atoms. The smallest absolute Gasteiger partial charge is 0.167 e. The number of benzene rings is 2. The van der Waals surface area contributed by atoms with Crippen LogP contribution in [0.1, 0.15) is 5.56 Å². The third-order valence-corrected chi connectivity index (χ3v) is 2.99. The molecule has 2 aromatic rings. The minimum Gasteiger partial charge on any atom is -0.454 e. The topological polar surface area (TPSA) is 9.23 Å². The fraction of sp³-hybridized carbons (Fsp3) is 0.0769. The van der Waals surface area contributed by atoms with Crippen LogP contribution in [0.4, 0.5) is 4.39 Å². The molecular formula is C13H9BrClFO. The third kappa shape index (κ3) is 2.99. The van der Waals surface area contributed by atoms with Crippen molar-refractivity contribution in [2.45, 2.75) is 5.88 Å². The van der Waals surface area contributed by atoms with E-state index < -0.39 is 5.82 Å². The number of halogens is 3. The van der Waals surface area contributed by atoms with Gasteiger partial charge in [0, 0.05) is 10.0 Å². The van der Waals surface area contributed by atoms with Crippen molar-refractivity contribution < 1.29 is 9.13 Å². The second-order valence-corrected chi connectivity index (χ2v) is 4.60. The Hall–Kier alpha value is -1.06. The van der Waals surface area contributed by atoms with Crippen LogP contribution in [-0.4, -0.2) is 0 Å². The van der Waals surface area contributed by atoms with Crippen LogP contribution in [0.15, 0.2) is 46.9 Å². The van der Waals surface area contributed by atoms with Gasteiger partial charge in [-0.2, -0.15) is 0 Å². The number of para-hydroxylation sites is 1. The van der Waals surface area contributed by atoms with E-state index in [1.807, 2.05) is 12.1 Å². The van der Waals surface area contributed by atoms with E-state index >= 15 is 0 Å². The summed E-state index contributed by atoms with van der Waals surface area (Å²) < 4.78 is 20.0. The molecule has 2 aromatic carbocycles. The number of hydrogen-bond donors (Lipinski definition) is 0. The molecule has 0 radical (unpaired) electrons. The standard InChI is InChI=1S/C13H9BrClFO/c14-10-4-2-5-11(7-10)17-13-9(8-15)3-1-6-12(13)16/h1-7H,8H2. The SMILES string of the molecule is Fc1cccc(CCl)c1Oc1cccc(Br)c1. The molecule has 1 nitrogen and oxygen atoms in total. The first-order valence-electron chi connectivity index (χ1n) is 4.97. The molecule has 88 valence electrons. The van der Waals surface area contributed by atoms with E-state index in [1.54, 1.807) is 24.3 Å². The Bertz CT molecular complexity index is 531. The summed E-state index contributed by atoms with van der Waals surface area (Å²) in [7, 11) is 0. The molecule has 17 heavy (non-hydrogen) atoms. The summed E-state index contributed by atoms with van der Waals surface area (Å²) in [5.74, 6) is 0.542. The lowest BCUT2D eigenvalue weighted by molar-refractivity contribution is 0.438. The van der Waals surface area contributed by atoms with E-state index in [1.165, 1.54) is 6.07 Å². The van der Waals surface area contributed by atoms with Crippen molar-refractivity contribution in [1.82, 2.24) is 0 Å². The molecule has 0 saturated heterocycles. The molecule has 0 N–H and O–H groups in total. The second kappa shape index (κ2) is 5.52. The van der Waals surface area contributed by atoms with Gasteiger partial charge >= 0.3 is 0 Å². The average Bonchev–Trinajstić information content (AvgIpc) is 2.32. The van der Waals surface area contributed by atoms with Crippen LogP contribution in [0.25, 0.3) is 0 Å². The molecule has 2 rings (SSSR count). The molecule has 0 aliphatic carbocycles. The summed E-state index contributed by atoms with van der Waals surface area (Å²) >= 11 is 9.08. The Kier molecular flexibility index (Phi) is 4.02. The molecule has 0 aliphatic heterocycles. The summed E-state index contributed by atoms with van der Waals surface area (Å²) in [4.78, 5) is 0. The lowest BCUT2D eigenvalue weighted by Crippen LogP contribution is -1.93. The molecule has 0 aliphatic rings. The summed E-state index contributed by atoms with van der Waals surface area (Å²) in [5.41, 5.74) is 0.631. The van der Waals surface area contributed by atoms with E-state index in [4.69, 9.17) is 16.3 Å². The molecular weight excluding hydrogens is 306 g/mol. The molecule has 0 bridgehead atoms. The molecule has 0 unspecified atom stereocenters. The minimum absolute atomic E-state index is 0.181. The molecule has 0 fully saturated rings. The van der Waals surface area contributed by atoms with Crippen LogP contribution in [0.5, 0.6) is 11.5 Å². The van der Waals surface area contributed by atoms with Gasteiger partial charge in [-0.1, -0.05) is 34.1 Å². The Morgan fingerprint density at radius 1 is 1.18 bits per heavy atom. The summed E-state index contributed by atoms with van der Waals surface area (Å²) in [5, 5.41) is 0. The van der Waals surface area contributed by atoms with Gasteiger partial charge in [0.05, 0.1) is 5.88 Å². The highest BCUT2D eigenvalue weighted by atomic mass is 79.9. The Morgan fingerprint density at radius 3 is 2.65 bits per heavy atom. The number of hydrogen-bond acceptors (Lipinski definition) is 1. The summed E-state index contributed by atoms with van der Waals surface area (Å²) in [6.07, 6.45) is 0. The first kappa shape index (κ1) is 12.4. The molecule has 0 saturated carbocycles. The first-order chi connectivity index (χ1) is 8.20. The lowest BCUT2D eigenvalue weighted by Gasteiger charge is -2.10. The van der Waals surface area contributed by atoms with Gasteiger partial charge in [0.2, 0.25) is 0 Å². The average molecular weight is 316 g/mol. The molecule has 4 heteroatoms. The van der Waals surface area contributed by atoms with Crippen LogP contribution in [0, 0.1) is 5.82 Å². The summed E-state index contributed by atoms with van der Waals surface area (Å²) in [6.45, 7) is 0. The maximum Gasteiger partial charge on any atom is 0.167 e. The van der Waals surface area contributed by atoms with Gasteiger partial charge in [-0.3, -0.25) is 0 Å². The summed E-state index contributed by atoms with van der Waals surface area (Å²) in [6, 6.07) is 11.9. The van der Waals surface area contributed by atoms with E-state index in [2.05, 4.69) is 15.9 Å². The largest absolute Gasteiger partial charge is 0.454 e.